The van der Waals surface area contributed by atoms with E-state index in [0.717, 1.165) is 5.56 Å². The number of carbonyl (C=O) groups is 8. The number of Topliss-reactive ketones (excluding diaryl/α,β-unsaturated/α-hetero) is 2. The number of carbonyl (C=O) groups excluding carboxylic acids is 8. The number of hydrogen-bond donors (Lipinski definition) is 4. The lowest BCUT2D eigenvalue weighted by atomic mass is 10.0. The minimum absolute atomic E-state index is 0.0196. The van der Waals surface area contributed by atoms with Gasteiger partial charge in [0.05, 0.1) is 22.3 Å². The average molecular weight is 901 g/mol. The molecule has 67 heavy (non-hydrogen) atoms. The van der Waals surface area contributed by atoms with Crippen LogP contribution >= 0.6 is 0 Å². The van der Waals surface area contributed by atoms with Crippen LogP contribution in [0.5, 0.6) is 11.5 Å². The van der Waals surface area contributed by atoms with Gasteiger partial charge in [-0.3, -0.25) is 28.8 Å². The summed E-state index contributed by atoms with van der Waals surface area (Å²) >= 11 is 0. The molecule has 0 saturated heterocycles. The summed E-state index contributed by atoms with van der Waals surface area (Å²) in [5, 5.41) is 12.4. The van der Waals surface area contributed by atoms with Crippen LogP contribution in [0.25, 0.3) is 10.8 Å². The van der Waals surface area contributed by atoms with E-state index in [2.05, 4.69) is 34.4 Å². The van der Waals surface area contributed by atoms with E-state index in [1.807, 2.05) is 43.3 Å². The molecule has 0 fully saturated rings. The molecule has 4 N–H and O–H groups in total. The third kappa shape index (κ3) is 11.8. The molecule has 0 atom stereocenters. The minimum atomic E-state index is -0.998. The van der Waals surface area contributed by atoms with Crippen LogP contribution in [0.15, 0.2) is 146 Å². The number of rotatable bonds is 17. The minimum Gasteiger partial charge on any atom is -0.457 e. The van der Waals surface area contributed by atoms with Crippen LogP contribution in [0.3, 0.4) is 0 Å². The van der Waals surface area contributed by atoms with Crippen LogP contribution in [0, 0.1) is 6.92 Å². The van der Waals surface area contributed by atoms with E-state index < -0.39 is 54.4 Å². The van der Waals surface area contributed by atoms with E-state index >= 15 is 0 Å². The highest BCUT2D eigenvalue weighted by Crippen LogP contribution is 2.32. The quantitative estimate of drug-likeness (QED) is 0.0502. The predicted octanol–water partition coefficient (Wildman–Crippen LogP) is 8.66. The molecule has 6 aromatic carbocycles. The van der Waals surface area contributed by atoms with Crippen molar-refractivity contribution < 1.29 is 52.6 Å². The first-order chi connectivity index (χ1) is 32.0. The Bertz CT molecular complexity index is 3010. The van der Waals surface area contributed by atoms with Crippen LogP contribution in [-0.2, 0) is 19.1 Å². The number of aryl methyl sites for hydroxylation is 1. The molecule has 0 unspecified atom stereocenters. The summed E-state index contributed by atoms with van der Waals surface area (Å²) < 4.78 is 16.3. The van der Waals surface area contributed by atoms with Crippen molar-refractivity contribution in [2.24, 2.45) is 0 Å². The Labute approximate surface area is 384 Å². The normalized spacial score (nSPS) is 10.5. The van der Waals surface area contributed by atoms with Crippen LogP contribution in [0.2, 0.25) is 0 Å². The maximum absolute atomic E-state index is 13.9. The zero-order chi connectivity index (χ0) is 48.4. The van der Waals surface area contributed by atoms with Gasteiger partial charge < -0.3 is 35.5 Å². The SMILES string of the molecule is C=C(C)C(=O)COC(=O)c1ccc(Oc2ccc(C(=O)OCC(=O)C(=C)C)c(C(=O)Nc3ccc(C(=O)Nc4ccc(NC(=O)c5ccc(C)cc5)c5ccccc45)cc3)c2)cc1C(=O)NC. The number of amides is 4. The first-order valence-corrected chi connectivity index (χ1v) is 20.5. The summed E-state index contributed by atoms with van der Waals surface area (Å²) in [6.07, 6.45) is 0. The smallest absolute Gasteiger partial charge is 0.339 e. The Balaban J connectivity index is 1.21. The number of ketones is 2. The monoisotopic (exact) mass is 900 g/mol. The van der Waals surface area contributed by atoms with E-state index in [0.29, 0.717) is 27.7 Å². The van der Waals surface area contributed by atoms with Crippen LogP contribution in [0.1, 0.15) is 81.6 Å². The number of fused-ring (bicyclic) bond motifs is 1. The highest BCUT2D eigenvalue weighted by atomic mass is 16.5. The number of benzene rings is 6. The summed E-state index contributed by atoms with van der Waals surface area (Å²) in [7, 11) is 1.35. The molecule has 0 saturated carbocycles. The first-order valence-electron chi connectivity index (χ1n) is 20.5. The molecule has 6 aromatic rings. The van der Waals surface area contributed by atoms with Gasteiger partial charge in [0.25, 0.3) is 23.6 Å². The second-order valence-corrected chi connectivity index (χ2v) is 15.2. The first kappa shape index (κ1) is 47.5. The third-order valence-corrected chi connectivity index (χ3v) is 10.1. The van der Waals surface area contributed by atoms with Gasteiger partial charge in [-0.25, -0.2) is 9.59 Å². The number of ether oxygens (including phenoxy) is 3. The van der Waals surface area contributed by atoms with Gasteiger partial charge in [-0.15, -0.1) is 0 Å². The van der Waals surface area contributed by atoms with Crippen LogP contribution in [-0.4, -0.2) is 67.4 Å². The third-order valence-electron chi connectivity index (χ3n) is 10.1. The average Bonchev–Trinajstić information content (AvgIpc) is 3.32. The molecule has 15 heteroatoms. The molecule has 0 heterocycles. The van der Waals surface area contributed by atoms with E-state index in [1.165, 1.54) is 81.6 Å². The Morgan fingerprint density at radius 1 is 0.493 bits per heavy atom. The van der Waals surface area contributed by atoms with Gasteiger partial charge in [0.1, 0.15) is 11.5 Å². The molecular weight excluding hydrogens is 857 g/mol. The second-order valence-electron chi connectivity index (χ2n) is 15.2. The van der Waals surface area contributed by atoms with Gasteiger partial charge in [0.15, 0.2) is 24.8 Å². The molecule has 0 aliphatic rings. The van der Waals surface area contributed by atoms with Crippen molar-refractivity contribution in [3.8, 4) is 11.5 Å². The largest absolute Gasteiger partial charge is 0.457 e. The topological polar surface area (TPSA) is 212 Å². The fourth-order valence-corrected chi connectivity index (χ4v) is 6.35. The van der Waals surface area contributed by atoms with Crippen molar-refractivity contribution in [2.75, 3.05) is 36.2 Å². The summed E-state index contributed by atoms with van der Waals surface area (Å²) in [4.78, 5) is 104. The van der Waals surface area contributed by atoms with Crippen molar-refractivity contribution in [1.82, 2.24) is 5.32 Å². The molecule has 15 nitrogen and oxygen atoms in total. The number of anilines is 3. The number of hydrogen-bond acceptors (Lipinski definition) is 11. The molecule has 0 radical (unpaired) electrons. The molecule has 0 aliphatic heterocycles. The molecule has 0 aliphatic carbocycles. The fraction of sp³-hybridized carbons (Fsp3) is 0.115. The highest BCUT2D eigenvalue weighted by Gasteiger charge is 2.24. The fourth-order valence-electron chi connectivity index (χ4n) is 6.35. The molecule has 0 aromatic heterocycles. The molecule has 0 spiro atoms. The zero-order valence-electron chi connectivity index (χ0n) is 36.9. The van der Waals surface area contributed by atoms with Gasteiger partial charge in [0, 0.05) is 46.0 Å². The summed E-state index contributed by atoms with van der Waals surface area (Å²) in [6.45, 7) is 10.7. The zero-order valence-corrected chi connectivity index (χ0v) is 36.9. The van der Waals surface area contributed by atoms with Crippen LogP contribution < -0.4 is 26.0 Å². The second kappa shape index (κ2) is 21.1. The van der Waals surface area contributed by atoms with E-state index in [-0.39, 0.29) is 62.1 Å². The van der Waals surface area contributed by atoms with Gasteiger partial charge in [-0.05, 0) is 117 Å². The Kier molecular flexibility index (Phi) is 15.0. The number of esters is 2. The molecule has 4 amide bonds. The van der Waals surface area contributed by atoms with Crippen LogP contribution in [0.4, 0.5) is 17.1 Å². The summed E-state index contributed by atoms with van der Waals surface area (Å²) in [5.74, 6) is -5.11. The lowest BCUT2D eigenvalue weighted by molar-refractivity contribution is -0.119. The van der Waals surface area contributed by atoms with Crippen molar-refractivity contribution in [2.45, 2.75) is 20.8 Å². The maximum Gasteiger partial charge on any atom is 0.339 e. The van der Waals surface area contributed by atoms with Crippen molar-refractivity contribution in [1.29, 1.82) is 0 Å². The summed E-state index contributed by atoms with van der Waals surface area (Å²) in [6, 6.07) is 31.6. The molecule has 338 valence electrons. The van der Waals surface area contributed by atoms with Gasteiger partial charge in [-0.1, -0.05) is 55.1 Å². The van der Waals surface area contributed by atoms with Gasteiger partial charge >= 0.3 is 11.9 Å². The number of nitrogens with one attached hydrogen (secondary N) is 4. The predicted molar refractivity (Wildman–Crippen MR) is 252 cm³/mol. The standard InChI is InChI=1S/C52H44N4O11/c1-29(2)45(57)27-65-51(63)39-21-19-35(25-41(39)49(61)53-6)67-36-20-22-40(52(64)66-28-46(58)30(3)4)42(26-36)50(62)54-34-17-15-33(16-18-34)48(60)56-44-24-23-43(37-9-7-8-10-38(37)44)55-47(59)32-13-11-31(5)12-14-32/h7-26H,1,3,27-28H2,2,4-6H3,(H,53,61)(H,54,62)(H,55,59)(H,56,60). The Morgan fingerprint density at radius 2 is 0.925 bits per heavy atom. The Hall–Kier alpha value is -8.98. The van der Waals surface area contributed by atoms with Crippen molar-refractivity contribution in [3.05, 3.63) is 185 Å². The van der Waals surface area contributed by atoms with E-state index in [9.17, 15) is 38.4 Å². The van der Waals surface area contributed by atoms with E-state index in [1.54, 1.807) is 24.3 Å². The highest BCUT2D eigenvalue weighted by molar-refractivity contribution is 6.15. The van der Waals surface area contributed by atoms with Crippen molar-refractivity contribution >= 4 is 75.0 Å². The lowest BCUT2D eigenvalue weighted by Gasteiger charge is -2.15. The molecular formula is C52H44N4O11. The van der Waals surface area contributed by atoms with Crippen molar-refractivity contribution in [3.63, 3.8) is 0 Å². The van der Waals surface area contributed by atoms with E-state index in [4.69, 9.17) is 14.2 Å². The molecule has 6 rings (SSSR count). The molecule has 0 bridgehead atoms. The lowest BCUT2D eigenvalue weighted by Crippen LogP contribution is -2.23. The Morgan fingerprint density at radius 3 is 1.36 bits per heavy atom. The maximum atomic E-state index is 13.9. The van der Waals surface area contributed by atoms with Gasteiger partial charge in [0.2, 0.25) is 0 Å². The van der Waals surface area contributed by atoms with Gasteiger partial charge in [-0.2, -0.15) is 0 Å². The summed E-state index contributed by atoms with van der Waals surface area (Å²) in [5.41, 5.74) is 2.66.